The molecule has 3 heteroatoms. The van der Waals surface area contributed by atoms with Gasteiger partial charge >= 0.3 is 115 Å². The van der Waals surface area contributed by atoms with E-state index in [-0.39, 0.29) is 0 Å². The van der Waals surface area contributed by atoms with Crippen molar-refractivity contribution in [2.45, 2.75) is 35.7 Å². The van der Waals surface area contributed by atoms with Crippen molar-refractivity contribution in [3.8, 4) is 5.75 Å². The molecule has 1 aliphatic heterocycles. The molecule has 0 aromatic heterocycles. The summed E-state index contributed by atoms with van der Waals surface area (Å²) < 4.78 is 6.42. The maximum atomic E-state index is 5.46. The molecule has 1 heterocycles. The normalized spacial score (nSPS) is 20.2. The first-order valence-corrected chi connectivity index (χ1v) is 9.58. The zero-order valence-electron chi connectivity index (χ0n) is 10.4. The molecule has 94 valence electrons. The van der Waals surface area contributed by atoms with Gasteiger partial charge in [-0.05, 0) is 0 Å². The van der Waals surface area contributed by atoms with E-state index in [2.05, 4.69) is 36.0 Å². The molecule has 0 radical (unpaired) electrons. The average Bonchev–Trinajstić information content (AvgIpc) is 2.40. The molecule has 1 unspecified atom stereocenters. The Labute approximate surface area is 115 Å². The Bertz CT molecular complexity index is 319. The van der Waals surface area contributed by atoms with Crippen molar-refractivity contribution in [3.05, 3.63) is 29.8 Å². The molecule has 1 saturated heterocycles. The second-order valence-corrected chi connectivity index (χ2v) is 8.67. The van der Waals surface area contributed by atoms with Gasteiger partial charge in [0, 0.05) is 0 Å². The predicted molar refractivity (Wildman–Crippen MR) is 77.2 cm³/mol. The van der Waals surface area contributed by atoms with Gasteiger partial charge in [-0.15, -0.1) is 0 Å². The zero-order valence-corrected chi connectivity index (χ0v) is 12.9. The SMILES string of the molecule is CCOc1ccc(C[Se]C2CCCCS2)cc1. The van der Waals surface area contributed by atoms with Gasteiger partial charge in [-0.3, -0.25) is 0 Å². The summed E-state index contributed by atoms with van der Waals surface area (Å²) in [6, 6.07) is 8.65. The zero-order chi connectivity index (χ0) is 11.9. The number of benzene rings is 1. The number of thioether (sulfide) groups is 1. The number of hydrogen-bond donors (Lipinski definition) is 0. The van der Waals surface area contributed by atoms with Gasteiger partial charge in [0.1, 0.15) is 0 Å². The molecule has 0 amide bonds. The van der Waals surface area contributed by atoms with E-state index >= 15 is 0 Å². The van der Waals surface area contributed by atoms with E-state index in [1.165, 1.54) is 35.9 Å². The van der Waals surface area contributed by atoms with Crippen LogP contribution < -0.4 is 4.74 Å². The summed E-state index contributed by atoms with van der Waals surface area (Å²) in [5.74, 6) is 2.38. The van der Waals surface area contributed by atoms with Crippen LogP contribution in [0.2, 0.25) is 0 Å². The third-order valence-corrected chi connectivity index (χ3v) is 7.83. The molecule has 0 spiro atoms. The van der Waals surface area contributed by atoms with E-state index in [1.807, 2.05) is 6.92 Å². The van der Waals surface area contributed by atoms with E-state index in [9.17, 15) is 0 Å². The first-order valence-electron chi connectivity index (χ1n) is 6.33. The first kappa shape index (κ1) is 13.3. The van der Waals surface area contributed by atoms with E-state index < -0.39 is 0 Å². The van der Waals surface area contributed by atoms with Crippen molar-refractivity contribution in [1.29, 1.82) is 0 Å². The molecule has 1 aromatic carbocycles. The van der Waals surface area contributed by atoms with Gasteiger partial charge in [-0.2, -0.15) is 0 Å². The molecule has 1 fully saturated rings. The van der Waals surface area contributed by atoms with Crippen LogP contribution in [0.1, 0.15) is 31.7 Å². The van der Waals surface area contributed by atoms with E-state index in [1.54, 1.807) is 0 Å². The van der Waals surface area contributed by atoms with Crippen LogP contribution in [0.3, 0.4) is 0 Å². The summed E-state index contributed by atoms with van der Waals surface area (Å²) in [6.07, 6.45) is 4.32. The van der Waals surface area contributed by atoms with Crippen LogP contribution in [0.25, 0.3) is 0 Å². The van der Waals surface area contributed by atoms with Gasteiger partial charge in [0.25, 0.3) is 0 Å². The van der Waals surface area contributed by atoms with Crippen molar-refractivity contribution in [2.24, 2.45) is 0 Å². The summed E-state index contributed by atoms with van der Waals surface area (Å²) in [4.78, 5) is 0. The third-order valence-electron chi connectivity index (χ3n) is 2.81. The molecule has 1 aliphatic rings. The molecular weight excluding hydrogens is 295 g/mol. The van der Waals surface area contributed by atoms with Crippen LogP contribution in [0.4, 0.5) is 0 Å². The number of hydrogen-bond acceptors (Lipinski definition) is 2. The van der Waals surface area contributed by atoms with Gasteiger partial charge in [0.15, 0.2) is 0 Å². The monoisotopic (exact) mass is 316 g/mol. The van der Waals surface area contributed by atoms with E-state index in [4.69, 9.17) is 4.74 Å². The van der Waals surface area contributed by atoms with Crippen LogP contribution in [-0.4, -0.2) is 31.5 Å². The second kappa shape index (κ2) is 7.35. The quantitative estimate of drug-likeness (QED) is 0.769. The number of rotatable bonds is 5. The molecular formula is C14H20OSSe. The van der Waals surface area contributed by atoms with Gasteiger partial charge < -0.3 is 0 Å². The Morgan fingerprint density at radius 3 is 2.76 bits per heavy atom. The summed E-state index contributed by atoms with van der Waals surface area (Å²) in [7, 11) is 0. The van der Waals surface area contributed by atoms with E-state index in [0.717, 1.165) is 31.5 Å². The first-order chi connectivity index (χ1) is 8.38. The summed E-state index contributed by atoms with van der Waals surface area (Å²) >= 11 is 2.96. The Morgan fingerprint density at radius 2 is 2.12 bits per heavy atom. The van der Waals surface area contributed by atoms with Crippen molar-refractivity contribution < 1.29 is 4.74 Å². The Hall–Kier alpha value is -0.111. The van der Waals surface area contributed by atoms with Gasteiger partial charge in [0.2, 0.25) is 0 Å². The topological polar surface area (TPSA) is 9.23 Å². The van der Waals surface area contributed by atoms with Crippen molar-refractivity contribution >= 4 is 26.7 Å². The molecule has 1 nitrogen and oxygen atoms in total. The molecule has 1 aromatic rings. The molecule has 1 atom stereocenters. The van der Waals surface area contributed by atoms with E-state index in [0.29, 0.717) is 0 Å². The minimum absolute atomic E-state index is 0.752. The second-order valence-electron chi connectivity index (χ2n) is 4.18. The summed E-state index contributed by atoms with van der Waals surface area (Å²) in [5.41, 5.74) is 1.47. The van der Waals surface area contributed by atoms with Crippen molar-refractivity contribution in [2.75, 3.05) is 12.4 Å². The molecule has 2 rings (SSSR count). The Kier molecular flexibility index (Phi) is 5.76. The van der Waals surface area contributed by atoms with Gasteiger partial charge in [-0.25, -0.2) is 0 Å². The summed E-state index contributed by atoms with van der Waals surface area (Å²) in [5, 5.41) is 1.27. The maximum absolute atomic E-state index is 5.46. The number of ether oxygens (including phenoxy) is 1. The van der Waals surface area contributed by atoms with Gasteiger partial charge in [0.05, 0.1) is 0 Å². The summed E-state index contributed by atoms with van der Waals surface area (Å²) in [6.45, 7) is 2.78. The van der Waals surface area contributed by atoms with Crippen LogP contribution in [-0.2, 0) is 5.32 Å². The third kappa shape index (κ3) is 4.57. The fourth-order valence-corrected chi connectivity index (χ4v) is 6.41. The molecule has 0 saturated carbocycles. The van der Waals surface area contributed by atoms with Crippen LogP contribution in [0, 0.1) is 0 Å². The fraction of sp³-hybridized carbons (Fsp3) is 0.571. The molecule has 0 aliphatic carbocycles. The van der Waals surface area contributed by atoms with Crippen LogP contribution in [0.5, 0.6) is 5.75 Å². The van der Waals surface area contributed by atoms with Crippen LogP contribution in [0.15, 0.2) is 24.3 Å². The Morgan fingerprint density at radius 1 is 1.29 bits per heavy atom. The minimum atomic E-state index is 0.752. The van der Waals surface area contributed by atoms with Crippen molar-refractivity contribution in [3.63, 3.8) is 0 Å². The molecule has 17 heavy (non-hydrogen) atoms. The predicted octanol–water partition coefficient (Wildman–Crippen LogP) is 3.53. The standard InChI is InChI=1S/C14H20OSSe/c1-2-15-13-8-6-12(7-9-13)11-17-14-5-3-4-10-16-14/h6-9,14H,2-5,10-11H2,1H3. The molecule has 0 N–H and O–H groups in total. The van der Waals surface area contributed by atoms with Gasteiger partial charge in [-0.1, -0.05) is 0 Å². The average molecular weight is 315 g/mol. The van der Waals surface area contributed by atoms with Crippen molar-refractivity contribution in [1.82, 2.24) is 0 Å². The van der Waals surface area contributed by atoms with Crippen LogP contribution >= 0.6 is 11.8 Å². The Balaban J connectivity index is 1.77. The molecule has 0 bridgehead atoms. The fourth-order valence-electron chi connectivity index (χ4n) is 1.88.